The smallest absolute Gasteiger partial charge is 0.135 e. The van der Waals surface area contributed by atoms with Gasteiger partial charge in [-0.15, -0.1) is 0 Å². The fourth-order valence-corrected chi connectivity index (χ4v) is 1.24. The normalized spacial score (nSPS) is 11.5. The number of nitrogens with zero attached hydrogens (tertiary/aromatic N) is 1. The summed E-state index contributed by atoms with van der Waals surface area (Å²) in [5, 5.41) is 0. The zero-order chi connectivity index (χ0) is 10.6. The molecular formula is C12H15NO. The van der Waals surface area contributed by atoms with Crippen LogP contribution in [0.5, 0.6) is 0 Å². The molecule has 0 amide bonds. The highest BCUT2D eigenvalue weighted by Crippen LogP contribution is 2.13. The number of hydrogen-bond donors (Lipinski definition) is 0. The van der Waals surface area contributed by atoms with Gasteiger partial charge in [-0.25, -0.2) is 0 Å². The molecule has 0 saturated carbocycles. The zero-order valence-electron chi connectivity index (χ0n) is 8.87. The number of Topliss-reactive ketones (excluding diaryl/α,β-unsaturated/α-hetero) is 1. The van der Waals surface area contributed by atoms with Crippen LogP contribution in [-0.2, 0) is 4.79 Å². The molecule has 1 aromatic rings. The van der Waals surface area contributed by atoms with Crippen LogP contribution < -0.4 is 0 Å². The molecule has 0 aromatic heterocycles. The molecule has 0 N–H and O–H groups in total. The van der Waals surface area contributed by atoms with E-state index < -0.39 is 0 Å². The van der Waals surface area contributed by atoms with E-state index in [1.807, 2.05) is 38.1 Å². The number of aliphatic imine (C=N–C) groups is 1. The van der Waals surface area contributed by atoms with Gasteiger partial charge in [-0.3, -0.25) is 9.79 Å². The van der Waals surface area contributed by atoms with Gasteiger partial charge < -0.3 is 0 Å². The maximum absolute atomic E-state index is 10.8. The van der Waals surface area contributed by atoms with Crippen LogP contribution in [0, 0.1) is 6.92 Å². The molecular weight excluding hydrogens is 174 g/mol. The van der Waals surface area contributed by atoms with E-state index in [-0.39, 0.29) is 5.78 Å². The van der Waals surface area contributed by atoms with Crippen LogP contribution in [0.4, 0.5) is 5.69 Å². The Morgan fingerprint density at radius 3 is 2.29 bits per heavy atom. The molecule has 74 valence electrons. The number of benzene rings is 1. The van der Waals surface area contributed by atoms with Crippen molar-refractivity contribution in [2.24, 2.45) is 4.99 Å². The third-order valence-corrected chi connectivity index (χ3v) is 1.86. The quantitative estimate of drug-likeness (QED) is 0.672. The molecule has 2 heteroatoms. The van der Waals surface area contributed by atoms with Crippen LogP contribution in [0.1, 0.15) is 25.8 Å². The van der Waals surface area contributed by atoms with Crippen molar-refractivity contribution in [1.82, 2.24) is 0 Å². The molecule has 0 atom stereocenters. The summed E-state index contributed by atoms with van der Waals surface area (Å²) in [6.45, 7) is 5.49. The molecule has 0 aliphatic rings. The number of ketones is 1. The van der Waals surface area contributed by atoms with Crippen molar-refractivity contribution in [3.05, 3.63) is 29.8 Å². The standard InChI is InChI=1S/C12H15NO/c1-9-4-6-12(7-5-9)13-10(2)8-11(3)14/h4-7H,8H2,1-3H3/b13-10+. The Balaban J connectivity index is 2.76. The van der Waals surface area contributed by atoms with Crippen LogP contribution >= 0.6 is 0 Å². The number of rotatable bonds is 3. The summed E-state index contributed by atoms with van der Waals surface area (Å²) in [6, 6.07) is 7.94. The van der Waals surface area contributed by atoms with Crippen molar-refractivity contribution in [2.75, 3.05) is 0 Å². The van der Waals surface area contributed by atoms with E-state index in [0.717, 1.165) is 11.4 Å². The molecule has 14 heavy (non-hydrogen) atoms. The first-order chi connectivity index (χ1) is 6.58. The van der Waals surface area contributed by atoms with Gasteiger partial charge in [0, 0.05) is 12.1 Å². The van der Waals surface area contributed by atoms with Gasteiger partial charge in [0.05, 0.1) is 5.69 Å². The minimum Gasteiger partial charge on any atom is -0.300 e. The summed E-state index contributed by atoms with van der Waals surface area (Å²) in [5.41, 5.74) is 2.99. The van der Waals surface area contributed by atoms with Gasteiger partial charge in [0.15, 0.2) is 0 Å². The van der Waals surface area contributed by atoms with Gasteiger partial charge in [0.1, 0.15) is 5.78 Å². The van der Waals surface area contributed by atoms with Crippen LogP contribution in [0.3, 0.4) is 0 Å². The third-order valence-electron chi connectivity index (χ3n) is 1.86. The SMILES string of the molecule is CC(=O)C/C(C)=N/c1ccc(C)cc1. The fourth-order valence-electron chi connectivity index (χ4n) is 1.24. The molecule has 0 radical (unpaired) electrons. The highest BCUT2D eigenvalue weighted by Gasteiger charge is 1.97. The van der Waals surface area contributed by atoms with Crippen molar-refractivity contribution in [3.8, 4) is 0 Å². The van der Waals surface area contributed by atoms with Gasteiger partial charge in [-0.2, -0.15) is 0 Å². The minimum atomic E-state index is 0.151. The van der Waals surface area contributed by atoms with E-state index in [1.54, 1.807) is 6.92 Å². The lowest BCUT2D eigenvalue weighted by atomic mass is 10.2. The van der Waals surface area contributed by atoms with Crippen LogP contribution in [0.25, 0.3) is 0 Å². The average molecular weight is 189 g/mol. The highest BCUT2D eigenvalue weighted by molar-refractivity contribution is 6.00. The van der Waals surface area contributed by atoms with E-state index in [9.17, 15) is 4.79 Å². The zero-order valence-corrected chi connectivity index (χ0v) is 8.87. The molecule has 2 nitrogen and oxygen atoms in total. The molecule has 0 fully saturated rings. The summed E-state index contributed by atoms with van der Waals surface area (Å²) in [7, 11) is 0. The minimum absolute atomic E-state index is 0.151. The van der Waals surface area contributed by atoms with Crippen molar-refractivity contribution >= 4 is 17.2 Å². The average Bonchev–Trinajstić information content (AvgIpc) is 2.07. The first kappa shape index (κ1) is 10.6. The first-order valence-electron chi connectivity index (χ1n) is 4.68. The maximum atomic E-state index is 10.8. The van der Waals surface area contributed by atoms with Crippen LogP contribution in [0.2, 0.25) is 0 Å². The third kappa shape index (κ3) is 3.52. The fraction of sp³-hybridized carbons (Fsp3) is 0.333. The second kappa shape index (κ2) is 4.70. The summed E-state index contributed by atoms with van der Waals surface area (Å²) in [5.74, 6) is 0.151. The lowest BCUT2D eigenvalue weighted by molar-refractivity contribution is -0.115. The Morgan fingerprint density at radius 2 is 1.79 bits per heavy atom. The predicted octanol–water partition coefficient (Wildman–Crippen LogP) is 3.07. The monoisotopic (exact) mass is 189 g/mol. The molecule has 0 heterocycles. The number of aryl methyl sites for hydroxylation is 1. The summed E-state index contributed by atoms with van der Waals surface area (Å²) >= 11 is 0. The molecule has 1 aromatic carbocycles. The molecule has 0 saturated heterocycles. The Morgan fingerprint density at radius 1 is 1.21 bits per heavy atom. The highest BCUT2D eigenvalue weighted by atomic mass is 16.1. The molecule has 0 unspecified atom stereocenters. The Labute approximate surface area is 84.7 Å². The lowest BCUT2D eigenvalue weighted by Gasteiger charge is -1.98. The van der Waals surface area contributed by atoms with E-state index in [1.165, 1.54) is 5.56 Å². The Hall–Kier alpha value is -1.44. The summed E-state index contributed by atoms with van der Waals surface area (Å²) in [6.07, 6.45) is 0.438. The van der Waals surface area contributed by atoms with Gasteiger partial charge in [0.2, 0.25) is 0 Å². The molecule has 0 aliphatic heterocycles. The first-order valence-corrected chi connectivity index (χ1v) is 4.68. The van der Waals surface area contributed by atoms with E-state index >= 15 is 0 Å². The van der Waals surface area contributed by atoms with Gasteiger partial charge >= 0.3 is 0 Å². The second-order valence-electron chi connectivity index (χ2n) is 3.56. The van der Waals surface area contributed by atoms with Crippen molar-refractivity contribution in [3.63, 3.8) is 0 Å². The number of carbonyl (C=O) groups excluding carboxylic acids is 1. The molecule has 1 rings (SSSR count). The summed E-state index contributed by atoms with van der Waals surface area (Å²) in [4.78, 5) is 15.2. The largest absolute Gasteiger partial charge is 0.300 e. The Bertz CT molecular complexity index is 349. The second-order valence-corrected chi connectivity index (χ2v) is 3.56. The van der Waals surface area contributed by atoms with Crippen LogP contribution in [0.15, 0.2) is 29.3 Å². The van der Waals surface area contributed by atoms with Crippen molar-refractivity contribution < 1.29 is 4.79 Å². The predicted molar refractivity (Wildman–Crippen MR) is 59.2 cm³/mol. The number of hydrogen-bond acceptors (Lipinski definition) is 2. The van der Waals surface area contributed by atoms with Crippen molar-refractivity contribution in [2.45, 2.75) is 27.2 Å². The topological polar surface area (TPSA) is 29.4 Å². The van der Waals surface area contributed by atoms with Crippen molar-refractivity contribution in [1.29, 1.82) is 0 Å². The van der Waals surface area contributed by atoms with E-state index in [2.05, 4.69) is 4.99 Å². The molecule has 0 bridgehead atoms. The lowest BCUT2D eigenvalue weighted by Crippen LogP contribution is -1.98. The van der Waals surface area contributed by atoms with Crippen LogP contribution in [-0.4, -0.2) is 11.5 Å². The van der Waals surface area contributed by atoms with Gasteiger partial charge in [0.25, 0.3) is 0 Å². The van der Waals surface area contributed by atoms with E-state index in [0.29, 0.717) is 6.42 Å². The Kier molecular flexibility index (Phi) is 3.57. The van der Waals surface area contributed by atoms with Gasteiger partial charge in [-0.05, 0) is 32.9 Å². The molecule has 0 aliphatic carbocycles. The maximum Gasteiger partial charge on any atom is 0.135 e. The number of carbonyl (C=O) groups is 1. The molecule has 0 spiro atoms. The van der Waals surface area contributed by atoms with E-state index in [4.69, 9.17) is 0 Å². The van der Waals surface area contributed by atoms with Gasteiger partial charge in [-0.1, -0.05) is 17.7 Å². The summed E-state index contributed by atoms with van der Waals surface area (Å²) < 4.78 is 0.